The number of ether oxygens (including phenoxy) is 1. The van der Waals surface area contributed by atoms with Gasteiger partial charge in [-0.3, -0.25) is 0 Å². The summed E-state index contributed by atoms with van der Waals surface area (Å²) in [5.74, 6) is 0.895. The van der Waals surface area contributed by atoms with Gasteiger partial charge in [-0.25, -0.2) is 0 Å². The Kier molecular flexibility index (Phi) is 5.49. The van der Waals surface area contributed by atoms with Gasteiger partial charge in [-0.05, 0) is 44.5 Å². The highest BCUT2D eigenvalue weighted by Gasteiger charge is 2.19. The predicted octanol–water partition coefficient (Wildman–Crippen LogP) is 2.79. The number of halogens is 1. The SMILES string of the molecule is CC1CN(CCCOc2ccc(Cl)cc2)CC(C)N1. The summed E-state index contributed by atoms with van der Waals surface area (Å²) in [5, 5.41) is 4.29. The Morgan fingerprint density at radius 2 is 1.84 bits per heavy atom. The first-order chi connectivity index (χ1) is 9.13. The number of piperazine rings is 1. The number of rotatable bonds is 5. The molecule has 1 fully saturated rings. The molecule has 0 amide bonds. The van der Waals surface area contributed by atoms with Gasteiger partial charge >= 0.3 is 0 Å². The second-order valence-corrected chi connectivity index (χ2v) is 5.82. The molecule has 106 valence electrons. The average molecular weight is 283 g/mol. The molecule has 0 spiro atoms. The van der Waals surface area contributed by atoms with Gasteiger partial charge in [-0.1, -0.05) is 11.6 Å². The summed E-state index contributed by atoms with van der Waals surface area (Å²) in [6, 6.07) is 8.71. The Labute approximate surface area is 120 Å². The Hall–Kier alpha value is -0.770. The standard InChI is InChI=1S/C15H23ClN2O/c1-12-10-18(11-13(2)17-12)8-3-9-19-15-6-4-14(16)5-7-15/h4-7,12-13,17H,3,8-11H2,1-2H3. The maximum Gasteiger partial charge on any atom is 0.119 e. The first kappa shape index (κ1) is 14.6. The zero-order valence-electron chi connectivity index (χ0n) is 11.7. The van der Waals surface area contributed by atoms with Crippen LogP contribution in [0.25, 0.3) is 0 Å². The number of nitrogens with zero attached hydrogens (tertiary/aromatic N) is 1. The van der Waals surface area contributed by atoms with Crippen LogP contribution in [0, 0.1) is 0 Å². The average Bonchev–Trinajstić information content (AvgIpc) is 2.36. The summed E-state index contributed by atoms with van der Waals surface area (Å²) in [5.41, 5.74) is 0. The number of hydrogen-bond acceptors (Lipinski definition) is 3. The smallest absolute Gasteiger partial charge is 0.119 e. The van der Waals surface area contributed by atoms with Gasteiger partial charge in [-0.2, -0.15) is 0 Å². The van der Waals surface area contributed by atoms with E-state index >= 15 is 0 Å². The van der Waals surface area contributed by atoms with E-state index in [4.69, 9.17) is 16.3 Å². The molecule has 1 aliphatic heterocycles. The van der Waals surface area contributed by atoms with Gasteiger partial charge in [0.1, 0.15) is 5.75 Å². The summed E-state index contributed by atoms with van der Waals surface area (Å²) < 4.78 is 5.70. The molecule has 0 saturated carbocycles. The third-order valence-electron chi connectivity index (χ3n) is 3.33. The largest absolute Gasteiger partial charge is 0.494 e. The normalized spacial score (nSPS) is 24.4. The fourth-order valence-corrected chi connectivity index (χ4v) is 2.76. The van der Waals surface area contributed by atoms with Crippen molar-refractivity contribution >= 4 is 11.6 Å². The van der Waals surface area contributed by atoms with E-state index < -0.39 is 0 Å². The fourth-order valence-electron chi connectivity index (χ4n) is 2.63. The first-order valence-corrected chi connectivity index (χ1v) is 7.38. The van der Waals surface area contributed by atoms with E-state index in [1.54, 1.807) is 0 Å². The van der Waals surface area contributed by atoms with Gasteiger partial charge in [0.05, 0.1) is 6.61 Å². The Morgan fingerprint density at radius 3 is 2.47 bits per heavy atom. The molecule has 2 atom stereocenters. The van der Waals surface area contributed by atoms with E-state index in [1.165, 1.54) is 0 Å². The maximum atomic E-state index is 5.83. The lowest BCUT2D eigenvalue weighted by Crippen LogP contribution is -2.54. The number of benzene rings is 1. The van der Waals surface area contributed by atoms with Crippen LogP contribution in [0.3, 0.4) is 0 Å². The monoisotopic (exact) mass is 282 g/mol. The molecule has 4 heteroatoms. The van der Waals surface area contributed by atoms with Crippen molar-refractivity contribution in [2.24, 2.45) is 0 Å². The topological polar surface area (TPSA) is 24.5 Å². The van der Waals surface area contributed by atoms with E-state index in [2.05, 4.69) is 24.1 Å². The van der Waals surface area contributed by atoms with Crippen molar-refractivity contribution in [1.82, 2.24) is 10.2 Å². The third-order valence-corrected chi connectivity index (χ3v) is 3.59. The van der Waals surface area contributed by atoms with Crippen LogP contribution in [0.15, 0.2) is 24.3 Å². The van der Waals surface area contributed by atoms with Crippen LogP contribution in [-0.2, 0) is 0 Å². The van der Waals surface area contributed by atoms with Crippen LogP contribution in [0.5, 0.6) is 5.75 Å². The zero-order chi connectivity index (χ0) is 13.7. The van der Waals surface area contributed by atoms with Crippen molar-refractivity contribution in [3.63, 3.8) is 0 Å². The molecule has 2 unspecified atom stereocenters. The van der Waals surface area contributed by atoms with E-state index in [-0.39, 0.29) is 0 Å². The predicted molar refractivity (Wildman–Crippen MR) is 80.1 cm³/mol. The second-order valence-electron chi connectivity index (χ2n) is 5.38. The van der Waals surface area contributed by atoms with Gasteiger partial charge < -0.3 is 15.0 Å². The molecule has 1 aromatic carbocycles. The Bertz CT molecular complexity index is 372. The van der Waals surface area contributed by atoms with Crippen LogP contribution in [-0.4, -0.2) is 43.2 Å². The van der Waals surface area contributed by atoms with Crippen molar-refractivity contribution in [1.29, 1.82) is 0 Å². The summed E-state index contributed by atoms with van der Waals surface area (Å²) >= 11 is 5.83. The highest BCUT2D eigenvalue weighted by Crippen LogP contribution is 2.15. The van der Waals surface area contributed by atoms with E-state index in [9.17, 15) is 0 Å². The summed E-state index contributed by atoms with van der Waals surface area (Å²) in [7, 11) is 0. The third kappa shape index (κ3) is 5.01. The summed E-state index contributed by atoms with van der Waals surface area (Å²) in [6.07, 6.45) is 1.06. The molecule has 0 aliphatic carbocycles. The molecule has 1 aliphatic rings. The molecule has 0 bridgehead atoms. The van der Waals surface area contributed by atoms with Gasteiger partial charge in [-0.15, -0.1) is 0 Å². The minimum atomic E-state index is 0.584. The highest BCUT2D eigenvalue weighted by atomic mass is 35.5. The minimum absolute atomic E-state index is 0.584. The molecule has 0 aromatic heterocycles. The minimum Gasteiger partial charge on any atom is -0.494 e. The number of hydrogen-bond donors (Lipinski definition) is 1. The second kappa shape index (κ2) is 7.13. The molecule has 1 heterocycles. The first-order valence-electron chi connectivity index (χ1n) is 7.00. The van der Waals surface area contributed by atoms with Crippen molar-refractivity contribution in [3.8, 4) is 5.75 Å². The molecule has 1 saturated heterocycles. The quantitative estimate of drug-likeness (QED) is 0.841. The Balaban J connectivity index is 1.65. The highest BCUT2D eigenvalue weighted by molar-refractivity contribution is 6.30. The van der Waals surface area contributed by atoms with Crippen molar-refractivity contribution in [2.45, 2.75) is 32.4 Å². The zero-order valence-corrected chi connectivity index (χ0v) is 12.5. The lowest BCUT2D eigenvalue weighted by Gasteiger charge is -2.36. The van der Waals surface area contributed by atoms with Crippen LogP contribution in [0.2, 0.25) is 5.02 Å². The van der Waals surface area contributed by atoms with E-state index in [0.717, 1.165) is 43.4 Å². The summed E-state index contributed by atoms with van der Waals surface area (Å²) in [4.78, 5) is 2.51. The molecule has 3 nitrogen and oxygen atoms in total. The van der Waals surface area contributed by atoms with E-state index in [0.29, 0.717) is 12.1 Å². The molecular formula is C15H23ClN2O. The van der Waals surface area contributed by atoms with Gasteiger partial charge in [0.15, 0.2) is 0 Å². The molecule has 1 N–H and O–H groups in total. The van der Waals surface area contributed by atoms with Gasteiger partial charge in [0.2, 0.25) is 0 Å². The molecule has 2 rings (SSSR count). The van der Waals surface area contributed by atoms with Crippen LogP contribution >= 0.6 is 11.6 Å². The van der Waals surface area contributed by atoms with Crippen molar-refractivity contribution in [3.05, 3.63) is 29.3 Å². The molecule has 1 aromatic rings. The summed E-state index contributed by atoms with van der Waals surface area (Å²) in [6.45, 7) is 8.61. The lowest BCUT2D eigenvalue weighted by molar-refractivity contribution is 0.161. The molecule has 0 radical (unpaired) electrons. The lowest BCUT2D eigenvalue weighted by atomic mass is 10.1. The van der Waals surface area contributed by atoms with Crippen molar-refractivity contribution in [2.75, 3.05) is 26.2 Å². The van der Waals surface area contributed by atoms with Gasteiger partial charge in [0, 0.05) is 36.7 Å². The van der Waals surface area contributed by atoms with Gasteiger partial charge in [0.25, 0.3) is 0 Å². The van der Waals surface area contributed by atoms with Crippen molar-refractivity contribution < 1.29 is 4.74 Å². The van der Waals surface area contributed by atoms with Crippen LogP contribution in [0.1, 0.15) is 20.3 Å². The van der Waals surface area contributed by atoms with E-state index in [1.807, 2.05) is 24.3 Å². The Morgan fingerprint density at radius 1 is 1.21 bits per heavy atom. The van der Waals surface area contributed by atoms with Crippen LogP contribution in [0.4, 0.5) is 0 Å². The fraction of sp³-hybridized carbons (Fsp3) is 0.600. The van der Waals surface area contributed by atoms with Crippen LogP contribution < -0.4 is 10.1 Å². The maximum absolute atomic E-state index is 5.83. The molecule has 19 heavy (non-hydrogen) atoms. The molecular weight excluding hydrogens is 260 g/mol. The number of nitrogens with one attached hydrogen (secondary N) is 1.